The lowest BCUT2D eigenvalue weighted by Gasteiger charge is -2.37. The summed E-state index contributed by atoms with van der Waals surface area (Å²) in [5.74, 6) is 0. The number of hydrogen-bond donors (Lipinski definition) is 0. The van der Waals surface area contributed by atoms with E-state index in [2.05, 4.69) is 16.8 Å². The first-order valence-corrected chi connectivity index (χ1v) is 7.93. The highest BCUT2D eigenvalue weighted by Crippen LogP contribution is 2.40. The van der Waals surface area contributed by atoms with Gasteiger partial charge in [0.05, 0.1) is 5.56 Å². The van der Waals surface area contributed by atoms with Crippen molar-refractivity contribution in [1.29, 1.82) is 0 Å². The maximum absolute atomic E-state index is 12.6. The van der Waals surface area contributed by atoms with Crippen LogP contribution in [0.15, 0.2) is 24.3 Å². The van der Waals surface area contributed by atoms with Crippen LogP contribution < -0.4 is 0 Å². The predicted octanol–water partition coefficient (Wildman–Crippen LogP) is 3.62. The van der Waals surface area contributed by atoms with Crippen LogP contribution in [0.25, 0.3) is 0 Å². The number of likely N-dealkylation sites (tertiary alicyclic amines) is 2. The van der Waals surface area contributed by atoms with Gasteiger partial charge in [0.25, 0.3) is 0 Å². The molecule has 0 N–H and O–H groups in total. The maximum Gasteiger partial charge on any atom is 0.416 e. The van der Waals surface area contributed by atoms with Crippen molar-refractivity contribution in [3.05, 3.63) is 35.4 Å². The van der Waals surface area contributed by atoms with Crippen molar-refractivity contribution in [3.63, 3.8) is 0 Å². The molecule has 2 saturated heterocycles. The summed E-state index contributed by atoms with van der Waals surface area (Å²) >= 11 is 0. The first-order valence-electron chi connectivity index (χ1n) is 7.93. The zero-order valence-corrected chi connectivity index (χ0v) is 13.0. The molecule has 0 unspecified atom stereocenters. The smallest absolute Gasteiger partial charge is 0.306 e. The molecule has 1 aromatic rings. The number of nitrogens with zero attached hydrogens (tertiary/aromatic N) is 2. The van der Waals surface area contributed by atoms with Gasteiger partial charge in [-0.25, -0.2) is 0 Å². The molecule has 1 aromatic carbocycles. The van der Waals surface area contributed by atoms with Crippen LogP contribution in [0.3, 0.4) is 0 Å². The van der Waals surface area contributed by atoms with Crippen molar-refractivity contribution >= 4 is 0 Å². The van der Waals surface area contributed by atoms with Crippen molar-refractivity contribution in [2.24, 2.45) is 5.41 Å². The highest BCUT2D eigenvalue weighted by molar-refractivity contribution is 5.24. The fourth-order valence-corrected chi connectivity index (χ4v) is 3.72. The van der Waals surface area contributed by atoms with Gasteiger partial charge in [0, 0.05) is 13.1 Å². The van der Waals surface area contributed by atoms with E-state index in [1.807, 2.05) is 0 Å². The quantitative estimate of drug-likeness (QED) is 0.823. The number of piperidine rings is 1. The van der Waals surface area contributed by atoms with E-state index in [0.29, 0.717) is 5.41 Å². The summed E-state index contributed by atoms with van der Waals surface area (Å²) in [4.78, 5) is 4.78. The van der Waals surface area contributed by atoms with Crippen LogP contribution in [0.1, 0.15) is 30.4 Å². The minimum Gasteiger partial charge on any atom is -0.306 e. The molecule has 0 aliphatic carbocycles. The molecule has 2 aliphatic heterocycles. The van der Waals surface area contributed by atoms with E-state index in [1.165, 1.54) is 31.4 Å². The van der Waals surface area contributed by atoms with Crippen molar-refractivity contribution in [2.75, 3.05) is 33.2 Å². The fourth-order valence-electron chi connectivity index (χ4n) is 3.72. The Kier molecular flexibility index (Phi) is 4.21. The number of alkyl halides is 3. The SMILES string of the molecule is CN1CCC2(CC1)CCN(Cc1ccc(C(F)(F)F)cc1)C2. The summed E-state index contributed by atoms with van der Waals surface area (Å²) < 4.78 is 37.7. The Hall–Kier alpha value is -1.07. The average molecular weight is 312 g/mol. The Balaban J connectivity index is 1.58. The molecule has 5 heteroatoms. The monoisotopic (exact) mass is 312 g/mol. The Labute approximate surface area is 129 Å². The van der Waals surface area contributed by atoms with Crippen molar-refractivity contribution in [1.82, 2.24) is 9.80 Å². The second-order valence-electron chi connectivity index (χ2n) is 6.96. The third kappa shape index (κ3) is 3.46. The Morgan fingerprint density at radius 2 is 1.59 bits per heavy atom. The molecule has 2 fully saturated rings. The van der Waals surface area contributed by atoms with E-state index in [1.54, 1.807) is 12.1 Å². The maximum atomic E-state index is 12.6. The van der Waals surface area contributed by atoms with Gasteiger partial charge >= 0.3 is 6.18 Å². The van der Waals surface area contributed by atoms with Crippen LogP contribution in [0.5, 0.6) is 0 Å². The van der Waals surface area contributed by atoms with Gasteiger partial charge in [-0.15, -0.1) is 0 Å². The van der Waals surface area contributed by atoms with Gasteiger partial charge in [-0.1, -0.05) is 12.1 Å². The third-order valence-electron chi connectivity index (χ3n) is 5.25. The standard InChI is InChI=1S/C17H23F3N2/c1-21-9-6-16(7-10-21)8-11-22(13-16)12-14-2-4-15(5-3-14)17(18,19)20/h2-5H,6-13H2,1H3. The molecule has 0 aromatic heterocycles. The second kappa shape index (κ2) is 5.85. The molecule has 22 heavy (non-hydrogen) atoms. The molecule has 0 amide bonds. The average Bonchev–Trinajstić information content (AvgIpc) is 2.85. The van der Waals surface area contributed by atoms with Crippen LogP contribution in [0.4, 0.5) is 13.2 Å². The minimum absolute atomic E-state index is 0.443. The Morgan fingerprint density at radius 1 is 1.00 bits per heavy atom. The van der Waals surface area contributed by atoms with Gasteiger partial charge in [-0.3, -0.25) is 4.90 Å². The topological polar surface area (TPSA) is 6.48 Å². The fraction of sp³-hybridized carbons (Fsp3) is 0.647. The lowest BCUT2D eigenvalue weighted by atomic mass is 9.78. The molecule has 1 spiro atoms. The van der Waals surface area contributed by atoms with Crippen molar-refractivity contribution < 1.29 is 13.2 Å². The summed E-state index contributed by atoms with van der Waals surface area (Å²) in [6.07, 6.45) is -0.536. The van der Waals surface area contributed by atoms with Crippen LogP contribution in [-0.4, -0.2) is 43.0 Å². The van der Waals surface area contributed by atoms with Gasteiger partial charge in [0.2, 0.25) is 0 Å². The Morgan fingerprint density at radius 3 is 2.18 bits per heavy atom. The Bertz CT molecular complexity index is 502. The van der Waals surface area contributed by atoms with E-state index in [-0.39, 0.29) is 0 Å². The van der Waals surface area contributed by atoms with E-state index in [9.17, 15) is 13.2 Å². The largest absolute Gasteiger partial charge is 0.416 e. The zero-order valence-electron chi connectivity index (χ0n) is 13.0. The second-order valence-corrected chi connectivity index (χ2v) is 6.96. The predicted molar refractivity (Wildman–Crippen MR) is 80.5 cm³/mol. The summed E-state index contributed by atoms with van der Waals surface area (Å²) in [7, 11) is 2.17. The molecule has 0 bridgehead atoms. The van der Waals surface area contributed by atoms with E-state index >= 15 is 0 Å². The molecular weight excluding hydrogens is 289 g/mol. The number of hydrogen-bond acceptors (Lipinski definition) is 2. The number of benzene rings is 1. The molecule has 0 atom stereocenters. The normalized spacial score (nSPS) is 23.3. The zero-order chi connectivity index (χ0) is 15.8. The molecule has 2 heterocycles. The van der Waals surface area contributed by atoms with Crippen LogP contribution in [-0.2, 0) is 12.7 Å². The van der Waals surface area contributed by atoms with E-state index in [0.717, 1.165) is 38.3 Å². The first-order chi connectivity index (χ1) is 10.4. The summed E-state index contributed by atoms with van der Waals surface area (Å²) in [6.45, 7) is 5.23. The van der Waals surface area contributed by atoms with E-state index in [4.69, 9.17) is 0 Å². The lowest BCUT2D eigenvalue weighted by molar-refractivity contribution is -0.137. The van der Waals surface area contributed by atoms with Gasteiger partial charge in [-0.05, 0) is 69.1 Å². The van der Waals surface area contributed by atoms with Crippen LogP contribution >= 0.6 is 0 Å². The molecule has 122 valence electrons. The molecule has 0 saturated carbocycles. The first kappa shape index (κ1) is 15.8. The van der Waals surface area contributed by atoms with Crippen LogP contribution in [0.2, 0.25) is 0 Å². The molecule has 2 nitrogen and oxygen atoms in total. The molecule has 0 radical (unpaired) electrons. The third-order valence-corrected chi connectivity index (χ3v) is 5.25. The summed E-state index contributed by atoms with van der Waals surface area (Å²) in [6, 6.07) is 5.61. The van der Waals surface area contributed by atoms with Gasteiger partial charge in [0.15, 0.2) is 0 Å². The molecule has 2 aliphatic rings. The summed E-state index contributed by atoms with van der Waals surface area (Å²) in [5, 5.41) is 0. The van der Waals surface area contributed by atoms with Gasteiger partial charge in [-0.2, -0.15) is 13.2 Å². The van der Waals surface area contributed by atoms with Gasteiger partial charge in [0.1, 0.15) is 0 Å². The van der Waals surface area contributed by atoms with Crippen molar-refractivity contribution in [3.8, 4) is 0 Å². The van der Waals surface area contributed by atoms with Gasteiger partial charge < -0.3 is 4.90 Å². The lowest BCUT2D eigenvalue weighted by Crippen LogP contribution is -2.39. The van der Waals surface area contributed by atoms with E-state index < -0.39 is 11.7 Å². The molecule has 3 rings (SSSR count). The molecular formula is C17H23F3N2. The highest BCUT2D eigenvalue weighted by atomic mass is 19.4. The summed E-state index contributed by atoms with van der Waals surface area (Å²) in [5.41, 5.74) is 0.848. The van der Waals surface area contributed by atoms with Crippen LogP contribution in [0, 0.1) is 5.41 Å². The minimum atomic E-state index is -4.25. The number of halogens is 3. The highest BCUT2D eigenvalue weighted by Gasteiger charge is 2.39. The number of rotatable bonds is 2. The van der Waals surface area contributed by atoms with Crippen molar-refractivity contribution in [2.45, 2.75) is 32.0 Å².